The zero-order valence-corrected chi connectivity index (χ0v) is 15.2. The van der Waals surface area contributed by atoms with Crippen molar-refractivity contribution in [1.82, 2.24) is 19.7 Å². The Balaban J connectivity index is 1.57. The highest BCUT2D eigenvalue weighted by Gasteiger charge is 2.13. The molecule has 0 aliphatic carbocycles. The SMILES string of the molecule is CN(Cc1cnn(-c2ccccc2)c1)C(=O)CSc1ncccc1Cl. The fourth-order valence-electron chi connectivity index (χ4n) is 2.24. The molecule has 3 aromatic rings. The fourth-order valence-corrected chi connectivity index (χ4v) is 3.35. The Kier molecular flexibility index (Phi) is 5.73. The number of nitrogens with zero attached hydrogens (tertiary/aromatic N) is 4. The van der Waals surface area contributed by atoms with Crippen LogP contribution in [0.3, 0.4) is 0 Å². The van der Waals surface area contributed by atoms with E-state index in [-0.39, 0.29) is 5.91 Å². The van der Waals surface area contributed by atoms with Crippen molar-refractivity contribution in [2.75, 3.05) is 12.8 Å². The van der Waals surface area contributed by atoms with E-state index >= 15 is 0 Å². The number of hydrogen-bond donors (Lipinski definition) is 0. The van der Waals surface area contributed by atoms with Crippen molar-refractivity contribution in [2.24, 2.45) is 0 Å². The van der Waals surface area contributed by atoms with Crippen LogP contribution in [0.15, 0.2) is 66.1 Å². The van der Waals surface area contributed by atoms with E-state index in [2.05, 4.69) is 10.1 Å². The van der Waals surface area contributed by atoms with Crippen LogP contribution in [0.5, 0.6) is 0 Å². The van der Waals surface area contributed by atoms with E-state index < -0.39 is 0 Å². The van der Waals surface area contributed by atoms with Crippen LogP contribution in [0.1, 0.15) is 5.56 Å². The quantitative estimate of drug-likeness (QED) is 0.619. The number of carbonyl (C=O) groups is 1. The van der Waals surface area contributed by atoms with Crippen LogP contribution in [0, 0.1) is 0 Å². The molecule has 128 valence electrons. The molecule has 0 radical (unpaired) electrons. The van der Waals surface area contributed by atoms with Gasteiger partial charge >= 0.3 is 0 Å². The third kappa shape index (κ3) is 4.61. The molecule has 0 N–H and O–H groups in total. The molecule has 0 aliphatic rings. The maximum absolute atomic E-state index is 12.3. The highest BCUT2D eigenvalue weighted by molar-refractivity contribution is 8.00. The minimum atomic E-state index is 0.0131. The second-order valence-electron chi connectivity index (χ2n) is 5.46. The zero-order valence-electron chi connectivity index (χ0n) is 13.7. The maximum atomic E-state index is 12.3. The Morgan fingerprint density at radius 2 is 2.04 bits per heavy atom. The highest BCUT2D eigenvalue weighted by atomic mass is 35.5. The van der Waals surface area contributed by atoms with Gasteiger partial charge in [-0.3, -0.25) is 4.79 Å². The van der Waals surface area contributed by atoms with E-state index in [1.165, 1.54) is 11.8 Å². The molecule has 0 atom stereocenters. The molecule has 1 aromatic carbocycles. The van der Waals surface area contributed by atoms with Crippen molar-refractivity contribution in [3.05, 3.63) is 71.6 Å². The molecular formula is C18H17ClN4OS. The molecule has 0 saturated carbocycles. The van der Waals surface area contributed by atoms with Crippen molar-refractivity contribution in [3.8, 4) is 5.69 Å². The molecule has 3 rings (SSSR count). The molecule has 0 bridgehead atoms. The van der Waals surface area contributed by atoms with Crippen molar-refractivity contribution in [2.45, 2.75) is 11.6 Å². The van der Waals surface area contributed by atoms with E-state index in [4.69, 9.17) is 11.6 Å². The van der Waals surface area contributed by atoms with Gasteiger partial charge in [0.2, 0.25) is 5.91 Å². The first-order valence-electron chi connectivity index (χ1n) is 7.70. The molecule has 0 spiro atoms. The lowest BCUT2D eigenvalue weighted by Gasteiger charge is -2.15. The zero-order chi connectivity index (χ0) is 17.6. The normalized spacial score (nSPS) is 10.6. The van der Waals surface area contributed by atoms with Crippen LogP contribution in [-0.2, 0) is 11.3 Å². The number of thioether (sulfide) groups is 1. The second kappa shape index (κ2) is 8.18. The van der Waals surface area contributed by atoms with Crippen LogP contribution >= 0.6 is 23.4 Å². The van der Waals surface area contributed by atoms with Gasteiger partial charge in [-0.1, -0.05) is 41.6 Å². The van der Waals surface area contributed by atoms with E-state index in [0.717, 1.165) is 11.3 Å². The van der Waals surface area contributed by atoms with Crippen molar-refractivity contribution < 1.29 is 4.79 Å². The summed E-state index contributed by atoms with van der Waals surface area (Å²) in [5.74, 6) is 0.305. The Bertz CT molecular complexity index is 853. The summed E-state index contributed by atoms with van der Waals surface area (Å²) >= 11 is 7.40. The number of benzene rings is 1. The molecule has 2 aromatic heterocycles. The summed E-state index contributed by atoms with van der Waals surface area (Å²) in [7, 11) is 1.78. The van der Waals surface area contributed by atoms with Crippen LogP contribution in [-0.4, -0.2) is 38.4 Å². The van der Waals surface area contributed by atoms with Crippen molar-refractivity contribution in [3.63, 3.8) is 0 Å². The van der Waals surface area contributed by atoms with Crippen LogP contribution < -0.4 is 0 Å². The average Bonchev–Trinajstić information content (AvgIpc) is 3.10. The standard InChI is InChI=1S/C18H17ClN4OS/c1-22(17(24)13-25-18-16(19)8-5-9-20-18)11-14-10-21-23(12-14)15-6-3-2-4-7-15/h2-10,12H,11,13H2,1H3. The number of hydrogen-bond acceptors (Lipinski definition) is 4. The van der Waals surface area contributed by atoms with Gasteiger partial charge in [0.1, 0.15) is 5.03 Å². The number of rotatable bonds is 6. The number of carbonyl (C=O) groups excluding carboxylic acids is 1. The van der Waals surface area contributed by atoms with Gasteiger partial charge in [-0.2, -0.15) is 5.10 Å². The number of para-hydroxylation sites is 1. The van der Waals surface area contributed by atoms with Crippen molar-refractivity contribution >= 4 is 29.3 Å². The number of amides is 1. The van der Waals surface area contributed by atoms with Gasteiger partial charge in [0, 0.05) is 31.5 Å². The van der Waals surface area contributed by atoms with Gasteiger partial charge < -0.3 is 4.90 Å². The maximum Gasteiger partial charge on any atom is 0.233 e. The van der Waals surface area contributed by atoms with Crippen LogP contribution in [0.25, 0.3) is 5.69 Å². The lowest BCUT2D eigenvalue weighted by molar-refractivity contribution is -0.127. The third-order valence-corrected chi connectivity index (χ3v) is 4.97. The number of aromatic nitrogens is 3. The molecule has 5 nitrogen and oxygen atoms in total. The lowest BCUT2D eigenvalue weighted by atomic mass is 10.3. The average molecular weight is 373 g/mol. The summed E-state index contributed by atoms with van der Waals surface area (Å²) in [6, 6.07) is 13.4. The summed E-state index contributed by atoms with van der Waals surface area (Å²) in [5, 5.41) is 5.58. The van der Waals surface area contributed by atoms with Gasteiger partial charge in [0.05, 0.1) is 22.7 Å². The van der Waals surface area contributed by atoms with E-state index in [0.29, 0.717) is 22.3 Å². The van der Waals surface area contributed by atoms with E-state index in [1.807, 2.05) is 36.5 Å². The second-order valence-corrected chi connectivity index (χ2v) is 6.83. The van der Waals surface area contributed by atoms with Gasteiger partial charge in [-0.25, -0.2) is 9.67 Å². The molecular weight excluding hydrogens is 356 g/mol. The van der Waals surface area contributed by atoms with E-state index in [9.17, 15) is 4.79 Å². The summed E-state index contributed by atoms with van der Waals surface area (Å²) < 4.78 is 1.80. The van der Waals surface area contributed by atoms with E-state index in [1.54, 1.807) is 41.2 Å². The Labute approximate surface area is 155 Å². The molecule has 0 unspecified atom stereocenters. The lowest BCUT2D eigenvalue weighted by Crippen LogP contribution is -2.27. The minimum Gasteiger partial charge on any atom is -0.341 e. The predicted octanol–water partition coefficient (Wildman–Crippen LogP) is 3.67. The number of pyridine rings is 1. The van der Waals surface area contributed by atoms with Gasteiger partial charge in [-0.15, -0.1) is 0 Å². The molecule has 25 heavy (non-hydrogen) atoms. The molecule has 7 heteroatoms. The van der Waals surface area contributed by atoms with Crippen LogP contribution in [0.4, 0.5) is 0 Å². The first kappa shape index (κ1) is 17.5. The van der Waals surface area contributed by atoms with Gasteiger partial charge in [0.15, 0.2) is 0 Å². The fraction of sp³-hybridized carbons (Fsp3) is 0.167. The third-order valence-electron chi connectivity index (χ3n) is 3.56. The predicted molar refractivity (Wildman–Crippen MR) is 100 cm³/mol. The summed E-state index contributed by atoms with van der Waals surface area (Å²) in [6.07, 6.45) is 5.38. The molecule has 1 amide bonds. The smallest absolute Gasteiger partial charge is 0.233 e. The Morgan fingerprint density at radius 3 is 2.80 bits per heavy atom. The van der Waals surface area contributed by atoms with Gasteiger partial charge in [0.25, 0.3) is 0 Å². The first-order chi connectivity index (χ1) is 12.1. The van der Waals surface area contributed by atoms with Crippen LogP contribution in [0.2, 0.25) is 5.02 Å². The topological polar surface area (TPSA) is 51.0 Å². The minimum absolute atomic E-state index is 0.0131. The van der Waals surface area contributed by atoms with Crippen molar-refractivity contribution in [1.29, 1.82) is 0 Å². The number of halogens is 1. The largest absolute Gasteiger partial charge is 0.341 e. The monoisotopic (exact) mass is 372 g/mol. The summed E-state index contributed by atoms with van der Waals surface area (Å²) in [5.41, 5.74) is 1.96. The first-order valence-corrected chi connectivity index (χ1v) is 9.06. The van der Waals surface area contributed by atoms with Gasteiger partial charge in [-0.05, 0) is 24.3 Å². The Morgan fingerprint density at radius 1 is 1.24 bits per heavy atom. The molecule has 0 saturated heterocycles. The molecule has 2 heterocycles. The Hall–Kier alpha value is -2.31. The molecule has 0 fully saturated rings. The summed E-state index contributed by atoms with van der Waals surface area (Å²) in [4.78, 5) is 18.2. The summed E-state index contributed by atoms with van der Waals surface area (Å²) in [6.45, 7) is 0.502. The highest BCUT2D eigenvalue weighted by Crippen LogP contribution is 2.24. The molecule has 0 aliphatic heterocycles.